The average Bonchev–Trinajstić information content (AvgIpc) is 2.98. The van der Waals surface area contributed by atoms with Crippen LogP contribution in [0, 0.1) is 0 Å². The molecule has 2 aromatic rings. The highest BCUT2D eigenvalue weighted by Gasteiger charge is 2.36. The summed E-state index contributed by atoms with van der Waals surface area (Å²) in [6, 6.07) is 14.2. The lowest BCUT2D eigenvalue weighted by atomic mass is 10.1. The number of anilines is 1. The normalized spacial score (nSPS) is 15.3. The van der Waals surface area contributed by atoms with Crippen LogP contribution in [0.1, 0.15) is 29.8 Å². The fraction of sp³-hybridized carbons (Fsp3) is 0.227. The van der Waals surface area contributed by atoms with E-state index in [1.807, 2.05) is 24.3 Å². The largest absolute Gasteiger partial charge is 0.372 e. The molecule has 29 heavy (non-hydrogen) atoms. The number of benzene rings is 2. The molecule has 0 bridgehead atoms. The van der Waals surface area contributed by atoms with Crippen molar-refractivity contribution in [3.63, 3.8) is 0 Å². The third kappa shape index (κ3) is 4.89. The average molecular weight is 429 g/mol. The molecule has 150 valence electrons. The summed E-state index contributed by atoms with van der Waals surface area (Å²) in [6.07, 6.45) is 1.68. The van der Waals surface area contributed by atoms with Crippen LogP contribution in [0.4, 0.5) is 10.5 Å². The quantitative estimate of drug-likeness (QED) is 0.453. The molecule has 2 aromatic carbocycles. The van der Waals surface area contributed by atoms with Crippen molar-refractivity contribution in [2.45, 2.75) is 13.8 Å². The Balaban J connectivity index is 1.72. The molecule has 1 aliphatic heterocycles. The zero-order valence-electron chi connectivity index (χ0n) is 16.2. The molecule has 2 amide bonds. The molecule has 1 saturated heterocycles. The second-order valence-corrected chi connectivity index (χ2v) is 7.89. The molecule has 0 aliphatic carbocycles. The van der Waals surface area contributed by atoms with Crippen molar-refractivity contribution in [1.29, 1.82) is 0 Å². The number of thioether (sulfide) groups is 1. The Morgan fingerprint density at radius 1 is 1.03 bits per heavy atom. The van der Waals surface area contributed by atoms with E-state index in [9.17, 15) is 14.4 Å². The summed E-state index contributed by atoms with van der Waals surface area (Å²) in [5, 5.41) is 0.0750. The molecule has 1 aliphatic rings. The number of carbonyl (C=O) groups excluding carboxylic acids is 3. The molecule has 0 unspecified atom stereocenters. The zero-order chi connectivity index (χ0) is 21.0. The molecule has 0 aromatic heterocycles. The van der Waals surface area contributed by atoms with Gasteiger partial charge in [-0.1, -0.05) is 23.7 Å². The van der Waals surface area contributed by atoms with E-state index in [0.717, 1.165) is 41.0 Å². The Labute approximate surface area is 179 Å². The van der Waals surface area contributed by atoms with Gasteiger partial charge in [0.15, 0.2) is 5.78 Å². The van der Waals surface area contributed by atoms with Crippen LogP contribution in [0.5, 0.6) is 0 Å². The van der Waals surface area contributed by atoms with Crippen LogP contribution in [0.2, 0.25) is 5.02 Å². The Morgan fingerprint density at radius 2 is 1.66 bits per heavy atom. The van der Waals surface area contributed by atoms with Crippen LogP contribution >= 0.6 is 23.4 Å². The van der Waals surface area contributed by atoms with E-state index in [4.69, 9.17) is 11.6 Å². The van der Waals surface area contributed by atoms with Gasteiger partial charge in [0.2, 0.25) is 0 Å². The van der Waals surface area contributed by atoms with Gasteiger partial charge in [-0.25, -0.2) is 0 Å². The zero-order valence-corrected chi connectivity index (χ0v) is 17.8. The van der Waals surface area contributed by atoms with Gasteiger partial charge >= 0.3 is 0 Å². The highest BCUT2D eigenvalue weighted by Crippen LogP contribution is 2.32. The van der Waals surface area contributed by atoms with Crippen molar-refractivity contribution in [2.24, 2.45) is 0 Å². The van der Waals surface area contributed by atoms with Crippen LogP contribution in [-0.4, -0.2) is 41.5 Å². The summed E-state index contributed by atoms with van der Waals surface area (Å²) < 4.78 is 0. The molecule has 1 heterocycles. The Kier molecular flexibility index (Phi) is 6.77. The van der Waals surface area contributed by atoms with Crippen LogP contribution in [0.25, 0.3) is 6.08 Å². The van der Waals surface area contributed by atoms with Gasteiger partial charge in [-0.2, -0.15) is 0 Å². The van der Waals surface area contributed by atoms with E-state index in [0.29, 0.717) is 15.5 Å². The number of halogens is 1. The molecule has 0 saturated carbocycles. The van der Waals surface area contributed by atoms with Gasteiger partial charge in [0.05, 0.1) is 11.4 Å². The van der Waals surface area contributed by atoms with Crippen molar-refractivity contribution in [2.75, 3.05) is 24.5 Å². The van der Waals surface area contributed by atoms with E-state index in [-0.39, 0.29) is 12.3 Å². The van der Waals surface area contributed by atoms with Crippen molar-refractivity contribution in [1.82, 2.24) is 4.90 Å². The van der Waals surface area contributed by atoms with E-state index in [1.165, 1.54) is 0 Å². The molecule has 7 heteroatoms. The number of ketones is 1. The summed E-state index contributed by atoms with van der Waals surface area (Å²) in [5.74, 6) is -0.760. The summed E-state index contributed by atoms with van der Waals surface area (Å²) in [5.41, 5.74) is 2.34. The molecule has 0 N–H and O–H groups in total. The Hall–Kier alpha value is -2.57. The minimum atomic E-state index is -0.449. The molecule has 0 spiro atoms. The van der Waals surface area contributed by atoms with Crippen molar-refractivity contribution in [3.05, 3.63) is 69.6 Å². The summed E-state index contributed by atoms with van der Waals surface area (Å²) >= 11 is 6.68. The van der Waals surface area contributed by atoms with E-state index in [1.54, 1.807) is 30.3 Å². The molecule has 0 radical (unpaired) electrons. The summed E-state index contributed by atoms with van der Waals surface area (Å²) in [7, 11) is 0. The number of imide groups is 1. The van der Waals surface area contributed by atoms with Gasteiger partial charge in [-0.05, 0) is 73.6 Å². The van der Waals surface area contributed by atoms with Gasteiger partial charge in [-0.3, -0.25) is 19.3 Å². The fourth-order valence-corrected chi connectivity index (χ4v) is 3.99. The van der Waals surface area contributed by atoms with Gasteiger partial charge in [0.25, 0.3) is 11.1 Å². The number of nitrogens with zero attached hydrogens (tertiary/aromatic N) is 2. The number of carbonyl (C=O) groups is 3. The van der Waals surface area contributed by atoms with Gasteiger partial charge < -0.3 is 4.90 Å². The van der Waals surface area contributed by atoms with Crippen molar-refractivity contribution >= 4 is 52.1 Å². The second-order valence-electron chi connectivity index (χ2n) is 6.46. The molecule has 5 nitrogen and oxygen atoms in total. The Morgan fingerprint density at radius 3 is 2.24 bits per heavy atom. The van der Waals surface area contributed by atoms with Crippen LogP contribution in [0.3, 0.4) is 0 Å². The molecular formula is C22H21ClN2O3S. The van der Waals surface area contributed by atoms with E-state index < -0.39 is 11.1 Å². The highest BCUT2D eigenvalue weighted by atomic mass is 35.5. The summed E-state index contributed by atoms with van der Waals surface area (Å²) in [4.78, 5) is 40.8. The lowest BCUT2D eigenvalue weighted by molar-refractivity contribution is -0.122. The monoisotopic (exact) mass is 428 g/mol. The number of Topliss-reactive ketones (excluding diaryl/α,β-unsaturated/α-hetero) is 1. The maximum Gasteiger partial charge on any atom is 0.293 e. The summed E-state index contributed by atoms with van der Waals surface area (Å²) in [6.45, 7) is 5.73. The first kappa shape index (κ1) is 21.1. The first-order valence-electron chi connectivity index (χ1n) is 9.32. The number of hydrogen-bond donors (Lipinski definition) is 0. The van der Waals surface area contributed by atoms with Crippen LogP contribution in [-0.2, 0) is 4.79 Å². The smallest absolute Gasteiger partial charge is 0.293 e. The number of hydrogen-bond acceptors (Lipinski definition) is 5. The minimum absolute atomic E-state index is 0.287. The maximum absolute atomic E-state index is 12.6. The maximum atomic E-state index is 12.6. The topological polar surface area (TPSA) is 57.7 Å². The van der Waals surface area contributed by atoms with Gasteiger partial charge in [0.1, 0.15) is 0 Å². The second kappa shape index (κ2) is 9.29. The molecular weight excluding hydrogens is 408 g/mol. The molecule has 1 fully saturated rings. The third-order valence-corrected chi connectivity index (χ3v) is 5.82. The number of amides is 2. The molecule has 3 rings (SSSR count). The van der Waals surface area contributed by atoms with Crippen LogP contribution in [0.15, 0.2) is 53.4 Å². The lowest BCUT2D eigenvalue weighted by Gasteiger charge is -2.20. The fourth-order valence-electron chi connectivity index (χ4n) is 3.03. The Bertz CT molecular complexity index is 951. The SMILES string of the molecule is CCN(CC)c1ccc(/C=C2\SC(=O)N(CC(=O)c3ccc(Cl)cc3)C2=O)cc1. The predicted molar refractivity (Wildman–Crippen MR) is 118 cm³/mol. The van der Waals surface area contributed by atoms with Crippen molar-refractivity contribution < 1.29 is 14.4 Å². The van der Waals surface area contributed by atoms with Gasteiger partial charge in [-0.15, -0.1) is 0 Å². The first-order chi connectivity index (χ1) is 13.9. The standard InChI is InChI=1S/C22H21ClN2O3S/c1-3-24(4-2)18-11-5-15(6-12-18)13-20-21(27)25(22(28)29-20)14-19(26)16-7-9-17(23)10-8-16/h5-13H,3-4,14H2,1-2H3/b20-13-. The van der Waals surface area contributed by atoms with Crippen LogP contribution < -0.4 is 4.90 Å². The predicted octanol–water partition coefficient (Wildman–Crippen LogP) is 5.11. The first-order valence-corrected chi connectivity index (χ1v) is 10.5. The van der Waals surface area contributed by atoms with E-state index >= 15 is 0 Å². The highest BCUT2D eigenvalue weighted by molar-refractivity contribution is 8.18. The molecule has 0 atom stereocenters. The lowest BCUT2D eigenvalue weighted by Crippen LogP contribution is -2.33. The third-order valence-electron chi connectivity index (χ3n) is 4.66. The number of rotatable bonds is 7. The van der Waals surface area contributed by atoms with Gasteiger partial charge in [0, 0.05) is 29.4 Å². The van der Waals surface area contributed by atoms with E-state index in [2.05, 4.69) is 18.7 Å². The minimum Gasteiger partial charge on any atom is -0.372 e. The van der Waals surface area contributed by atoms with Crippen molar-refractivity contribution in [3.8, 4) is 0 Å².